The summed E-state index contributed by atoms with van der Waals surface area (Å²) in [6.07, 6.45) is -7.71. The smallest absolute Gasteiger partial charge is 0.291 e. The summed E-state index contributed by atoms with van der Waals surface area (Å²) in [7, 11) is 0. The van der Waals surface area contributed by atoms with Gasteiger partial charge < -0.3 is 0 Å². The molecule has 4 aliphatic carbocycles. The fourth-order valence-electron chi connectivity index (χ4n) is 4.24. The van der Waals surface area contributed by atoms with E-state index in [0.29, 0.717) is 0 Å². The van der Waals surface area contributed by atoms with Crippen LogP contribution in [0.5, 0.6) is 0 Å². The van der Waals surface area contributed by atoms with Crippen molar-refractivity contribution in [1.82, 2.24) is 0 Å². The van der Waals surface area contributed by atoms with Gasteiger partial charge in [-0.1, -0.05) is 0 Å². The summed E-state index contributed by atoms with van der Waals surface area (Å²) in [5.41, 5.74) is -30.9. The summed E-state index contributed by atoms with van der Waals surface area (Å²) in [4.78, 5) is 12.5. The highest BCUT2D eigenvalue weighted by Crippen LogP contribution is 2.89. The Kier molecular flexibility index (Phi) is 3.38. The predicted octanol–water partition coefficient (Wildman–Crippen LogP) is 4.38. The number of hydrogen-bond donors (Lipinski definition) is 0. The molecule has 2 unspecified atom stereocenters. The minimum Gasteiger partial charge on any atom is -0.291 e. The molecule has 2 nitrogen and oxygen atoms in total. The van der Waals surface area contributed by atoms with Crippen LogP contribution in [-0.2, 0) is 9.74 Å². The summed E-state index contributed by atoms with van der Waals surface area (Å²) in [5, 5.41) is 0. The van der Waals surface area contributed by atoms with Gasteiger partial charge in [0.15, 0.2) is 0 Å². The lowest BCUT2D eigenvalue weighted by Gasteiger charge is -2.72. The number of rotatable bonds is 2. The molecule has 0 aromatic heterocycles. The molecule has 0 aromatic carbocycles. The Morgan fingerprint density at radius 3 is 1.17 bits per heavy atom. The molecule has 0 radical (unpaired) electrons. The van der Waals surface area contributed by atoms with E-state index in [1.807, 2.05) is 0 Å². The minimum atomic E-state index is -8.22. The minimum absolute atomic E-state index is 1.16. The highest BCUT2D eigenvalue weighted by molar-refractivity contribution is 6.04. The molecule has 0 N–H and O–H groups in total. The first-order chi connectivity index (χ1) is 12.5. The molecule has 0 heterocycles. The van der Waals surface area contributed by atoms with Crippen LogP contribution in [0.3, 0.4) is 0 Å². The van der Waals surface area contributed by atoms with E-state index in [2.05, 4.69) is 0 Å². The molecule has 29 heavy (non-hydrogen) atoms. The fraction of sp³-hybridized carbons (Fsp3) is 0.909. The van der Waals surface area contributed by atoms with Gasteiger partial charge in [-0.15, -0.1) is 4.94 Å². The maximum absolute atomic E-state index is 14.4. The first kappa shape index (κ1) is 22.2. The molecule has 4 bridgehead atoms. The molecule has 0 spiro atoms. The normalized spacial score (nSPS) is 48.1. The van der Waals surface area contributed by atoms with E-state index in [0.717, 1.165) is 4.94 Å². The van der Waals surface area contributed by atoms with Crippen molar-refractivity contribution in [3.8, 4) is 0 Å². The monoisotopic (exact) mass is 468 g/mol. The van der Waals surface area contributed by atoms with Crippen molar-refractivity contribution in [3.05, 3.63) is 0 Å². The Balaban J connectivity index is 2.76. The third-order valence-corrected chi connectivity index (χ3v) is 5.60. The molecular weight excluding hydrogens is 468 g/mol. The van der Waals surface area contributed by atoms with E-state index in [1.165, 1.54) is 0 Å². The van der Waals surface area contributed by atoms with Crippen LogP contribution in [0.2, 0.25) is 0 Å². The molecular formula is C11F16O2. The van der Waals surface area contributed by atoms with E-state index < -0.39 is 63.9 Å². The number of ketones is 1. The maximum atomic E-state index is 14.4. The van der Waals surface area contributed by atoms with Crippen LogP contribution < -0.4 is 0 Å². The predicted molar refractivity (Wildman–Crippen MR) is 50.8 cm³/mol. The molecule has 0 aromatic rings. The summed E-state index contributed by atoms with van der Waals surface area (Å²) in [6, 6.07) is 0. The van der Waals surface area contributed by atoms with Crippen molar-refractivity contribution in [2.45, 2.75) is 52.7 Å². The van der Waals surface area contributed by atoms with Crippen LogP contribution in [0, 0.1) is 5.41 Å². The fourth-order valence-corrected chi connectivity index (χ4v) is 4.24. The van der Waals surface area contributed by atoms with E-state index >= 15 is 0 Å². The lowest BCUT2D eigenvalue weighted by Crippen LogP contribution is -3.07. The van der Waals surface area contributed by atoms with Gasteiger partial charge in [-0.25, -0.2) is 39.5 Å². The van der Waals surface area contributed by atoms with Gasteiger partial charge in [0.25, 0.3) is 5.41 Å². The van der Waals surface area contributed by atoms with Gasteiger partial charge in [-0.05, 0) is 4.53 Å². The number of hydrogen-bond acceptors (Lipinski definition) is 2. The van der Waals surface area contributed by atoms with Gasteiger partial charge in [0.2, 0.25) is 5.78 Å². The van der Waals surface area contributed by atoms with E-state index in [9.17, 15) is 75.2 Å². The average molecular weight is 468 g/mol. The van der Waals surface area contributed by atoms with Crippen LogP contribution in [0.4, 0.5) is 70.4 Å². The van der Waals surface area contributed by atoms with E-state index in [-0.39, 0.29) is 0 Å². The van der Waals surface area contributed by atoms with Gasteiger partial charge >= 0.3 is 52.7 Å². The van der Waals surface area contributed by atoms with Crippen molar-refractivity contribution in [2.24, 2.45) is 5.41 Å². The molecule has 168 valence electrons. The van der Waals surface area contributed by atoms with Gasteiger partial charge in [0, 0.05) is 0 Å². The molecule has 4 rings (SSSR count). The Bertz CT molecular complexity index is 774. The van der Waals surface area contributed by atoms with Crippen molar-refractivity contribution in [3.63, 3.8) is 0 Å². The van der Waals surface area contributed by atoms with Gasteiger partial charge in [0.05, 0.1) is 0 Å². The van der Waals surface area contributed by atoms with Crippen molar-refractivity contribution in [2.75, 3.05) is 0 Å². The Morgan fingerprint density at radius 1 is 0.586 bits per heavy atom. The number of halogens is 16. The third kappa shape index (κ3) is 1.26. The maximum Gasteiger partial charge on any atom is 0.409 e. The van der Waals surface area contributed by atoms with Crippen LogP contribution in [0.25, 0.3) is 0 Å². The van der Waals surface area contributed by atoms with Crippen molar-refractivity contribution in [1.29, 1.82) is 0 Å². The van der Waals surface area contributed by atoms with E-state index in [4.69, 9.17) is 0 Å². The van der Waals surface area contributed by atoms with Crippen LogP contribution in [0.15, 0.2) is 0 Å². The van der Waals surface area contributed by atoms with Gasteiger partial charge in [-0.3, -0.25) is 4.79 Å². The topological polar surface area (TPSA) is 26.3 Å². The zero-order valence-electron chi connectivity index (χ0n) is 12.4. The largest absolute Gasteiger partial charge is 0.409 e. The number of carbonyl (C=O) groups is 1. The first-order valence-electron chi connectivity index (χ1n) is 6.65. The van der Waals surface area contributed by atoms with Crippen molar-refractivity contribution >= 4 is 5.78 Å². The molecule has 2 atom stereocenters. The second-order valence-corrected chi connectivity index (χ2v) is 6.52. The molecule has 0 aliphatic heterocycles. The summed E-state index contributed by atoms with van der Waals surface area (Å²) in [6.45, 7) is 0. The van der Waals surface area contributed by atoms with E-state index in [1.54, 1.807) is 0 Å². The number of alkyl halides is 15. The standard InChI is InChI=1S/C11F16O2/c12-2-1(28)3(13)7(17,18)4(6(2,15)16,11(25,26)29-27)10(23,24)5(14,8(2,19)20)9(3,21)22. The second-order valence-electron chi connectivity index (χ2n) is 6.52. The first-order valence-corrected chi connectivity index (χ1v) is 6.65. The van der Waals surface area contributed by atoms with Crippen LogP contribution >= 0.6 is 0 Å². The Labute approximate surface area is 145 Å². The molecule has 4 saturated carbocycles. The molecule has 0 amide bonds. The third-order valence-electron chi connectivity index (χ3n) is 5.60. The summed E-state index contributed by atoms with van der Waals surface area (Å²) in [5.74, 6) is -44.6. The SMILES string of the molecule is O=C1C2(F)C(F)(F)C3(F)C(F)(F)C1(F)C(F)(F)C(C(F)(F)OF)(C2(F)F)C3(F)F. The van der Waals surface area contributed by atoms with Crippen LogP contribution in [0.1, 0.15) is 0 Å². The average Bonchev–Trinajstić information content (AvgIpc) is 2.54. The molecule has 0 saturated heterocycles. The summed E-state index contributed by atoms with van der Waals surface area (Å²) >= 11 is 0. The Morgan fingerprint density at radius 2 is 0.897 bits per heavy atom. The number of carbonyl (C=O) groups excluding carboxylic acids is 1. The molecule has 4 fully saturated rings. The lowest BCUT2D eigenvalue weighted by molar-refractivity contribution is -0.600. The van der Waals surface area contributed by atoms with Crippen LogP contribution in [-0.4, -0.2) is 58.5 Å². The zero-order chi connectivity index (χ0) is 23.3. The Hall–Kier alpha value is -1.49. The lowest BCUT2D eigenvalue weighted by atomic mass is 9.37. The zero-order valence-corrected chi connectivity index (χ0v) is 12.4. The van der Waals surface area contributed by atoms with Crippen molar-refractivity contribution < 1.29 is 80.1 Å². The molecule has 4 aliphatic rings. The summed E-state index contributed by atoms with van der Waals surface area (Å²) < 4.78 is 223. The highest BCUT2D eigenvalue weighted by Gasteiger charge is 3.22. The molecule has 18 heteroatoms. The quantitative estimate of drug-likeness (QED) is 0.563. The second kappa shape index (κ2) is 4.42. The van der Waals surface area contributed by atoms with Gasteiger partial charge in [-0.2, -0.15) is 26.3 Å². The highest BCUT2D eigenvalue weighted by atomic mass is 19.4. The number of Topliss-reactive ketones (excluding diaryl/α,β-unsaturated/α-hetero) is 1. The van der Waals surface area contributed by atoms with Gasteiger partial charge in [0.1, 0.15) is 0 Å².